The minimum Gasteiger partial charge on any atom is -0.351 e. The van der Waals surface area contributed by atoms with Crippen molar-refractivity contribution in [2.45, 2.75) is 22.7 Å². The number of hydrogen-bond acceptors (Lipinski definition) is 1. The molecule has 0 aromatic heterocycles. The summed E-state index contributed by atoms with van der Waals surface area (Å²) in [5, 5.41) is 2.95. The van der Waals surface area contributed by atoms with E-state index in [0.717, 1.165) is 11.1 Å². The van der Waals surface area contributed by atoms with E-state index in [1.165, 1.54) is 0 Å². The van der Waals surface area contributed by atoms with Crippen molar-refractivity contribution >= 4 is 29.1 Å². The van der Waals surface area contributed by atoms with Crippen LogP contribution in [-0.4, -0.2) is 10.2 Å². The molecular weight excluding hydrogens is 305 g/mol. The van der Waals surface area contributed by atoms with E-state index in [0.29, 0.717) is 13.0 Å². The van der Waals surface area contributed by atoms with Gasteiger partial charge in [0.05, 0.1) is 0 Å². The quantitative estimate of drug-likeness (QED) is 0.853. The highest BCUT2D eigenvalue weighted by Crippen LogP contribution is 2.64. The number of alkyl halides is 2. The zero-order chi connectivity index (χ0) is 14.9. The topological polar surface area (TPSA) is 29.1 Å². The SMILES string of the molecule is O=C(NCc1ccccc1)C1(c2ccccc2)CC1(Cl)Cl. The van der Waals surface area contributed by atoms with E-state index in [4.69, 9.17) is 23.2 Å². The molecule has 21 heavy (non-hydrogen) atoms. The molecule has 1 saturated carbocycles. The fraction of sp³-hybridized carbons (Fsp3) is 0.235. The van der Waals surface area contributed by atoms with Crippen molar-refractivity contribution < 1.29 is 4.79 Å². The third kappa shape index (κ3) is 2.54. The molecule has 2 nitrogen and oxygen atoms in total. The Balaban J connectivity index is 1.79. The Morgan fingerprint density at radius 1 is 1.00 bits per heavy atom. The van der Waals surface area contributed by atoms with Gasteiger partial charge >= 0.3 is 0 Å². The van der Waals surface area contributed by atoms with E-state index in [1.54, 1.807) is 0 Å². The summed E-state index contributed by atoms with van der Waals surface area (Å²) in [5.74, 6) is -0.123. The molecule has 1 aliphatic carbocycles. The zero-order valence-electron chi connectivity index (χ0n) is 11.4. The molecule has 3 rings (SSSR count). The van der Waals surface area contributed by atoms with Gasteiger partial charge in [-0.3, -0.25) is 4.79 Å². The minimum absolute atomic E-state index is 0.123. The van der Waals surface area contributed by atoms with Gasteiger partial charge in [0.15, 0.2) is 0 Å². The minimum atomic E-state index is -1.03. The number of hydrogen-bond donors (Lipinski definition) is 1. The number of carbonyl (C=O) groups excluding carboxylic acids is 1. The second-order valence-corrected chi connectivity index (χ2v) is 6.80. The molecule has 1 fully saturated rings. The Kier molecular flexibility index (Phi) is 3.68. The molecule has 0 heterocycles. The van der Waals surface area contributed by atoms with Crippen molar-refractivity contribution in [1.29, 1.82) is 0 Å². The lowest BCUT2D eigenvalue weighted by molar-refractivity contribution is -0.123. The first-order chi connectivity index (χ1) is 10.1. The maximum atomic E-state index is 12.6. The predicted octanol–water partition coefficient (Wildman–Crippen LogP) is 3.82. The average molecular weight is 320 g/mol. The lowest BCUT2D eigenvalue weighted by Gasteiger charge is -2.18. The van der Waals surface area contributed by atoms with Crippen LogP contribution in [0.25, 0.3) is 0 Å². The van der Waals surface area contributed by atoms with Crippen LogP contribution < -0.4 is 5.32 Å². The van der Waals surface area contributed by atoms with E-state index in [9.17, 15) is 4.79 Å². The first kappa shape index (κ1) is 14.4. The summed E-state index contributed by atoms with van der Waals surface area (Å²) in [4.78, 5) is 12.6. The predicted molar refractivity (Wildman–Crippen MR) is 85.5 cm³/mol. The van der Waals surface area contributed by atoms with Gasteiger partial charge in [0.25, 0.3) is 0 Å². The van der Waals surface area contributed by atoms with Gasteiger partial charge in [-0.05, 0) is 11.1 Å². The molecule has 1 unspecified atom stereocenters. The first-order valence-corrected chi connectivity index (χ1v) is 7.57. The highest BCUT2D eigenvalue weighted by atomic mass is 35.5. The largest absolute Gasteiger partial charge is 0.351 e. The van der Waals surface area contributed by atoms with Crippen LogP contribution in [0.15, 0.2) is 60.7 Å². The standard InChI is InChI=1S/C17H15Cl2NO/c18-17(19)12-16(17,14-9-5-2-6-10-14)15(21)20-11-13-7-3-1-4-8-13/h1-10H,11-12H2,(H,20,21). The van der Waals surface area contributed by atoms with Gasteiger partial charge in [-0.25, -0.2) is 0 Å². The zero-order valence-corrected chi connectivity index (χ0v) is 12.9. The van der Waals surface area contributed by atoms with Crippen LogP contribution in [0.2, 0.25) is 0 Å². The summed E-state index contributed by atoms with van der Waals surface area (Å²) < 4.78 is -1.03. The molecule has 0 saturated heterocycles. The number of rotatable bonds is 4. The maximum absolute atomic E-state index is 12.6. The van der Waals surface area contributed by atoms with Crippen molar-refractivity contribution in [3.05, 3.63) is 71.8 Å². The smallest absolute Gasteiger partial charge is 0.234 e. The number of carbonyl (C=O) groups is 1. The van der Waals surface area contributed by atoms with Gasteiger partial charge in [-0.15, -0.1) is 23.2 Å². The molecule has 0 bridgehead atoms. The summed E-state index contributed by atoms with van der Waals surface area (Å²) in [6.45, 7) is 0.470. The Morgan fingerprint density at radius 2 is 1.52 bits per heavy atom. The van der Waals surface area contributed by atoms with Gasteiger partial charge in [0.1, 0.15) is 9.75 Å². The molecule has 1 aliphatic rings. The van der Waals surface area contributed by atoms with Crippen LogP contribution in [0.3, 0.4) is 0 Å². The average Bonchev–Trinajstić information content (AvgIpc) is 3.11. The normalized spacial score (nSPS) is 22.6. The molecule has 1 N–H and O–H groups in total. The summed E-state index contributed by atoms with van der Waals surface area (Å²) in [5.41, 5.74) is 1.07. The van der Waals surface area contributed by atoms with E-state index in [1.807, 2.05) is 60.7 Å². The molecule has 2 aromatic rings. The van der Waals surface area contributed by atoms with E-state index >= 15 is 0 Å². The molecule has 108 valence electrons. The number of amides is 1. The number of nitrogens with one attached hydrogen (secondary N) is 1. The maximum Gasteiger partial charge on any atom is 0.234 e. The molecule has 0 aliphatic heterocycles. The Labute approximate surface area is 134 Å². The molecule has 4 heteroatoms. The molecule has 1 amide bonds. The third-order valence-corrected chi connectivity index (χ3v) is 4.85. The Hall–Kier alpha value is -1.51. The lowest BCUT2D eigenvalue weighted by atomic mass is 9.94. The van der Waals surface area contributed by atoms with Crippen LogP contribution in [0, 0.1) is 0 Å². The Bertz CT molecular complexity index is 642. The number of halogens is 2. The number of benzene rings is 2. The third-order valence-electron chi connectivity index (χ3n) is 3.94. The fourth-order valence-electron chi connectivity index (χ4n) is 2.63. The first-order valence-electron chi connectivity index (χ1n) is 6.82. The second-order valence-electron chi connectivity index (χ2n) is 5.32. The van der Waals surface area contributed by atoms with Crippen molar-refractivity contribution in [2.24, 2.45) is 0 Å². The summed E-state index contributed by atoms with van der Waals surface area (Å²) in [6.07, 6.45) is 0.438. The van der Waals surface area contributed by atoms with Gasteiger partial charge in [0.2, 0.25) is 5.91 Å². The lowest BCUT2D eigenvalue weighted by Crippen LogP contribution is -2.37. The second kappa shape index (κ2) is 5.36. The van der Waals surface area contributed by atoms with Crippen LogP contribution in [0.5, 0.6) is 0 Å². The van der Waals surface area contributed by atoms with Gasteiger partial charge in [-0.2, -0.15) is 0 Å². The van der Waals surface area contributed by atoms with E-state index in [-0.39, 0.29) is 5.91 Å². The fourth-order valence-corrected chi connectivity index (χ4v) is 3.42. The van der Waals surface area contributed by atoms with E-state index < -0.39 is 9.75 Å². The highest BCUT2D eigenvalue weighted by Gasteiger charge is 2.72. The summed E-state index contributed by atoms with van der Waals surface area (Å²) in [6, 6.07) is 19.3. The molecule has 1 atom stereocenters. The van der Waals surface area contributed by atoms with Crippen LogP contribution in [0.4, 0.5) is 0 Å². The summed E-state index contributed by atoms with van der Waals surface area (Å²) in [7, 11) is 0. The molecule has 2 aromatic carbocycles. The van der Waals surface area contributed by atoms with Crippen molar-refractivity contribution in [1.82, 2.24) is 5.32 Å². The molecular formula is C17H15Cl2NO. The van der Waals surface area contributed by atoms with Crippen molar-refractivity contribution in [2.75, 3.05) is 0 Å². The molecule has 0 radical (unpaired) electrons. The van der Waals surface area contributed by atoms with Gasteiger partial charge < -0.3 is 5.32 Å². The van der Waals surface area contributed by atoms with Crippen LogP contribution in [0.1, 0.15) is 17.5 Å². The Morgan fingerprint density at radius 3 is 2.05 bits per heavy atom. The van der Waals surface area contributed by atoms with Gasteiger partial charge in [0, 0.05) is 13.0 Å². The molecule has 0 spiro atoms. The van der Waals surface area contributed by atoms with E-state index in [2.05, 4.69) is 5.32 Å². The van der Waals surface area contributed by atoms with Gasteiger partial charge in [-0.1, -0.05) is 60.7 Å². The van der Waals surface area contributed by atoms with Crippen molar-refractivity contribution in [3.63, 3.8) is 0 Å². The van der Waals surface area contributed by atoms with Crippen LogP contribution >= 0.6 is 23.2 Å². The van der Waals surface area contributed by atoms with Crippen molar-refractivity contribution in [3.8, 4) is 0 Å². The van der Waals surface area contributed by atoms with Crippen LogP contribution in [-0.2, 0) is 16.8 Å². The monoisotopic (exact) mass is 319 g/mol. The highest BCUT2D eigenvalue weighted by molar-refractivity contribution is 6.54. The summed E-state index contributed by atoms with van der Waals surface area (Å²) >= 11 is 12.6.